The molecule has 0 aliphatic heterocycles. The smallest absolute Gasteiger partial charge is 0.234 e. The average molecular weight is 196 g/mol. The van der Waals surface area contributed by atoms with E-state index in [0.29, 0.717) is 5.41 Å². The van der Waals surface area contributed by atoms with Crippen LogP contribution in [-0.2, 0) is 4.79 Å². The Balaban J connectivity index is 1.78. The molecule has 0 spiro atoms. The second-order valence-corrected chi connectivity index (χ2v) is 4.88. The van der Waals surface area contributed by atoms with Gasteiger partial charge in [-0.2, -0.15) is 0 Å². The SMILES string of the molecule is CCC(NCC1(C2CC2)CC1)C(N)=O. The van der Waals surface area contributed by atoms with Crippen molar-refractivity contribution in [2.45, 2.75) is 45.1 Å². The zero-order chi connectivity index (χ0) is 10.2. The van der Waals surface area contributed by atoms with E-state index < -0.39 is 0 Å². The van der Waals surface area contributed by atoms with E-state index in [-0.39, 0.29) is 11.9 Å². The molecule has 14 heavy (non-hydrogen) atoms. The summed E-state index contributed by atoms with van der Waals surface area (Å²) in [5.41, 5.74) is 5.85. The topological polar surface area (TPSA) is 55.1 Å². The number of nitrogens with two attached hydrogens (primary N) is 1. The van der Waals surface area contributed by atoms with E-state index in [4.69, 9.17) is 5.73 Å². The molecule has 0 aromatic rings. The Labute approximate surface area is 85.4 Å². The van der Waals surface area contributed by atoms with E-state index >= 15 is 0 Å². The van der Waals surface area contributed by atoms with Gasteiger partial charge in [0, 0.05) is 6.54 Å². The molecule has 0 aromatic carbocycles. The summed E-state index contributed by atoms with van der Waals surface area (Å²) in [7, 11) is 0. The Hall–Kier alpha value is -0.570. The Morgan fingerprint density at radius 3 is 2.57 bits per heavy atom. The lowest BCUT2D eigenvalue weighted by atomic mass is 10.00. The lowest BCUT2D eigenvalue weighted by Gasteiger charge is -2.19. The van der Waals surface area contributed by atoms with Crippen molar-refractivity contribution in [1.29, 1.82) is 0 Å². The van der Waals surface area contributed by atoms with Crippen LogP contribution in [0.1, 0.15) is 39.0 Å². The van der Waals surface area contributed by atoms with Crippen molar-refractivity contribution in [1.82, 2.24) is 5.32 Å². The van der Waals surface area contributed by atoms with Crippen LogP contribution in [0.25, 0.3) is 0 Å². The highest BCUT2D eigenvalue weighted by molar-refractivity contribution is 5.79. The van der Waals surface area contributed by atoms with Crippen LogP contribution in [0.2, 0.25) is 0 Å². The lowest BCUT2D eigenvalue weighted by molar-refractivity contribution is -0.120. The maximum absolute atomic E-state index is 11.0. The fourth-order valence-corrected chi connectivity index (χ4v) is 2.36. The first-order valence-corrected chi connectivity index (χ1v) is 5.70. The Kier molecular flexibility index (Phi) is 2.52. The van der Waals surface area contributed by atoms with Crippen LogP contribution < -0.4 is 11.1 Å². The third-order valence-corrected chi connectivity index (χ3v) is 3.79. The molecule has 2 saturated carbocycles. The molecule has 2 fully saturated rings. The third kappa shape index (κ3) is 1.92. The van der Waals surface area contributed by atoms with Crippen LogP contribution >= 0.6 is 0 Å². The number of rotatable bonds is 6. The molecule has 0 aromatic heterocycles. The highest BCUT2D eigenvalue weighted by atomic mass is 16.1. The van der Waals surface area contributed by atoms with Crippen molar-refractivity contribution in [2.75, 3.05) is 6.54 Å². The third-order valence-electron chi connectivity index (χ3n) is 3.79. The summed E-state index contributed by atoms with van der Waals surface area (Å²) in [5.74, 6) is 0.736. The van der Waals surface area contributed by atoms with Crippen LogP contribution in [0.3, 0.4) is 0 Å². The maximum Gasteiger partial charge on any atom is 0.234 e. The molecule has 3 heteroatoms. The molecule has 1 amide bonds. The molecule has 2 aliphatic rings. The van der Waals surface area contributed by atoms with Crippen LogP contribution in [0.15, 0.2) is 0 Å². The summed E-state index contributed by atoms with van der Waals surface area (Å²) in [4.78, 5) is 11.0. The number of hydrogen-bond donors (Lipinski definition) is 2. The predicted molar refractivity (Wildman–Crippen MR) is 55.7 cm³/mol. The van der Waals surface area contributed by atoms with Crippen LogP contribution in [0.5, 0.6) is 0 Å². The van der Waals surface area contributed by atoms with Crippen molar-refractivity contribution >= 4 is 5.91 Å². The van der Waals surface area contributed by atoms with Gasteiger partial charge in [0.25, 0.3) is 0 Å². The number of carbonyl (C=O) groups is 1. The second-order valence-electron chi connectivity index (χ2n) is 4.88. The molecule has 3 N–H and O–H groups in total. The number of nitrogens with one attached hydrogen (secondary N) is 1. The summed E-state index contributed by atoms with van der Waals surface area (Å²) < 4.78 is 0. The zero-order valence-electron chi connectivity index (χ0n) is 8.88. The molecule has 0 heterocycles. The maximum atomic E-state index is 11.0. The predicted octanol–water partition coefficient (Wildman–Crippen LogP) is 1.03. The zero-order valence-corrected chi connectivity index (χ0v) is 8.88. The van der Waals surface area contributed by atoms with Gasteiger partial charge in [-0.15, -0.1) is 0 Å². The fourth-order valence-electron chi connectivity index (χ4n) is 2.36. The van der Waals surface area contributed by atoms with Crippen molar-refractivity contribution in [3.05, 3.63) is 0 Å². The van der Waals surface area contributed by atoms with E-state index in [9.17, 15) is 4.79 Å². The summed E-state index contributed by atoms with van der Waals surface area (Å²) in [6.07, 6.45) is 6.29. The van der Waals surface area contributed by atoms with Crippen LogP contribution in [0, 0.1) is 11.3 Å². The molecule has 80 valence electrons. The van der Waals surface area contributed by atoms with E-state index in [0.717, 1.165) is 18.9 Å². The van der Waals surface area contributed by atoms with Crippen molar-refractivity contribution in [3.63, 3.8) is 0 Å². The highest BCUT2D eigenvalue weighted by Crippen LogP contribution is 2.60. The molecule has 0 saturated heterocycles. The summed E-state index contributed by atoms with van der Waals surface area (Å²) in [6.45, 7) is 3.00. The summed E-state index contributed by atoms with van der Waals surface area (Å²) >= 11 is 0. The van der Waals surface area contributed by atoms with Gasteiger partial charge in [-0.05, 0) is 43.4 Å². The van der Waals surface area contributed by atoms with Gasteiger partial charge in [0.15, 0.2) is 0 Å². The van der Waals surface area contributed by atoms with Gasteiger partial charge in [0.2, 0.25) is 5.91 Å². The first kappa shape index (κ1) is 9.97. The molecule has 3 nitrogen and oxygen atoms in total. The Bertz CT molecular complexity index is 231. The van der Waals surface area contributed by atoms with E-state index in [1.54, 1.807) is 0 Å². The molecule has 1 atom stereocenters. The number of hydrogen-bond acceptors (Lipinski definition) is 2. The molecule has 1 unspecified atom stereocenters. The van der Waals surface area contributed by atoms with Gasteiger partial charge < -0.3 is 11.1 Å². The molecule has 2 rings (SSSR count). The number of primary amides is 1. The lowest BCUT2D eigenvalue weighted by Crippen LogP contribution is -2.43. The second kappa shape index (κ2) is 3.54. The first-order valence-electron chi connectivity index (χ1n) is 5.70. The monoisotopic (exact) mass is 196 g/mol. The fraction of sp³-hybridized carbons (Fsp3) is 0.909. The van der Waals surface area contributed by atoms with Gasteiger partial charge in [-0.3, -0.25) is 4.79 Å². The minimum atomic E-state index is -0.209. The molecular weight excluding hydrogens is 176 g/mol. The normalized spacial score (nSPS) is 25.8. The van der Waals surface area contributed by atoms with Gasteiger partial charge in [0.05, 0.1) is 6.04 Å². The number of amides is 1. The van der Waals surface area contributed by atoms with Gasteiger partial charge in [0.1, 0.15) is 0 Å². The van der Waals surface area contributed by atoms with Gasteiger partial charge in [-0.25, -0.2) is 0 Å². The van der Waals surface area contributed by atoms with E-state index in [2.05, 4.69) is 5.32 Å². The minimum Gasteiger partial charge on any atom is -0.368 e. The highest BCUT2D eigenvalue weighted by Gasteiger charge is 2.53. The molecular formula is C11H20N2O. The average Bonchev–Trinajstić information content (AvgIpc) is 3.00. The van der Waals surface area contributed by atoms with E-state index in [1.807, 2.05) is 6.92 Å². The van der Waals surface area contributed by atoms with E-state index in [1.165, 1.54) is 25.7 Å². The van der Waals surface area contributed by atoms with Gasteiger partial charge in [-0.1, -0.05) is 6.92 Å². The number of carbonyl (C=O) groups excluding carboxylic acids is 1. The van der Waals surface area contributed by atoms with Crippen molar-refractivity contribution < 1.29 is 4.79 Å². The van der Waals surface area contributed by atoms with Crippen LogP contribution in [-0.4, -0.2) is 18.5 Å². The van der Waals surface area contributed by atoms with Gasteiger partial charge >= 0.3 is 0 Å². The Morgan fingerprint density at radius 1 is 1.57 bits per heavy atom. The first-order chi connectivity index (χ1) is 6.68. The summed E-state index contributed by atoms with van der Waals surface area (Å²) in [5, 5.41) is 3.32. The molecule has 0 radical (unpaired) electrons. The minimum absolute atomic E-state index is 0.119. The quantitative estimate of drug-likeness (QED) is 0.666. The Morgan fingerprint density at radius 2 is 2.21 bits per heavy atom. The molecule has 2 aliphatic carbocycles. The standard InChI is InChI=1S/C11H20N2O/c1-2-9(10(12)14)13-7-11(5-6-11)8-3-4-8/h8-9,13H,2-7H2,1H3,(H2,12,14). The van der Waals surface area contributed by atoms with Crippen molar-refractivity contribution in [3.8, 4) is 0 Å². The summed E-state index contributed by atoms with van der Waals surface area (Å²) in [6, 6.07) is -0.119. The largest absolute Gasteiger partial charge is 0.368 e. The van der Waals surface area contributed by atoms with Crippen molar-refractivity contribution in [2.24, 2.45) is 17.1 Å². The molecule has 0 bridgehead atoms. The van der Waals surface area contributed by atoms with Crippen LogP contribution in [0.4, 0.5) is 0 Å².